The van der Waals surface area contributed by atoms with Gasteiger partial charge in [-0.15, -0.1) is 0 Å². The Morgan fingerprint density at radius 1 is 1.67 bits per heavy atom. The molecule has 70 valence electrons. The van der Waals surface area contributed by atoms with Crippen molar-refractivity contribution < 1.29 is 23.4 Å². The molecule has 12 heavy (non-hydrogen) atoms. The van der Waals surface area contributed by atoms with E-state index in [0.29, 0.717) is 0 Å². The Kier molecular flexibility index (Phi) is 2.70. The molecule has 0 aromatic carbocycles. The van der Waals surface area contributed by atoms with Gasteiger partial charge >= 0.3 is 0 Å². The molecule has 0 bridgehead atoms. The van der Waals surface area contributed by atoms with Gasteiger partial charge in [0.25, 0.3) is 5.92 Å². The van der Waals surface area contributed by atoms with Crippen molar-refractivity contribution in [3.8, 4) is 0 Å². The number of rotatable bonds is 2. The highest BCUT2D eigenvalue weighted by molar-refractivity contribution is 6.12. The van der Waals surface area contributed by atoms with E-state index in [-0.39, 0.29) is 6.61 Å². The van der Waals surface area contributed by atoms with Crippen LogP contribution >= 0.6 is 0 Å². The second-order valence-electron chi connectivity index (χ2n) is 2.89. The molecule has 1 saturated heterocycles. The van der Waals surface area contributed by atoms with Gasteiger partial charge in [-0.25, -0.2) is 8.78 Å². The molecule has 0 unspecified atom stereocenters. The summed E-state index contributed by atoms with van der Waals surface area (Å²) in [4.78, 5) is 0. The minimum atomic E-state index is -3.16. The molecule has 0 radical (unpaired) electrons. The number of aliphatic hydroxyl groups excluding tert-OH is 1. The lowest BCUT2D eigenvalue weighted by molar-refractivity contribution is -0.0924. The number of alkyl halides is 2. The molecular weight excluding hydrogens is 169 g/mol. The third-order valence-electron chi connectivity index (χ3n) is 2.00. The van der Waals surface area contributed by atoms with Crippen LogP contribution in [0.3, 0.4) is 0 Å². The Labute approximate surface area is 70.1 Å². The molecule has 3 nitrogen and oxygen atoms in total. The second kappa shape index (κ2) is 3.28. The molecule has 6 heteroatoms. The Bertz CT molecular complexity index is 167. The molecular formula is C6H11BF2O3. The third kappa shape index (κ3) is 1.46. The zero-order valence-electron chi connectivity index (χ0n) is 6.96. The molecule has 1 N–H and O–H groups in total. The van der Waals surface area contributed by atoms with Crippen molar-refractivity contribution in [2.75, 3.05) is 13.7 Å². The largest absolute Gasteiger partial charge is 0.384 e. The highest BCUT2D eigenvalue weighted by Gasteiger charge is 2.55. The summed E-state index contributed by atoms with van der Waals surface area (Å²) in [7, 11) is 2.61. The SMILES string of the molecule is B[C@@H]1O[C@H](COC)[C@@H](O)C1(F)F. The molecule has 0 aromatic rings. The first-order valence-corrected chi connectivity index (χ1v) is 3.70. The van der Waals surface area contributed by atoms with Gasteiger partial charge in [-0.1, -0.05) is 0 Å². The highest BCUT2D eigenvalue weighted by Crippen LogP contribution is 2.34. The lowest BCUT2D eigenvalue weighted by atomic mass is 9.92. The molecule has 0 aliphatic carbocycles. The third-order valence-corrected chi connectivity index (χ3v) is 2.00. The zero-order valence-corrected chi connectivity index (χ0v) is 6.96. The van der Waals surface area contributed by atoms with Crippen LogP contribution in [0.25, 0.3) is 0 Å². The van der Waals surface area contributed by atoms with E-state index in [0.717, 1.165) is 0 Å². The fourth-order valence-electron chi connectivity index (χ4n) is 1.21. The van der Waals surface area contributed by atoms with E-state index in [4.69, 9.17) is 9.84 Å². The predicted molar refractivity (Wildman–Crippen MR) is 40.0 cm³/mol. The molecule has 1 aliphatic heterocycles. The van der Waals surface area contributed by atoms with Crippen molar-refractivity contribution in [3.63, 3.8) is 0 Å². The van der Waals surface area contributed by atoms with Crippen LogP contribution in [0.15, 0.2) is 0 Å². The molecule has 1 fully saturated rings. The Balaban J connectivity index is 2.63. The van der Waals surface area contributed by atoms with E-state index < -0.39 is 24.1 Å². The van der Waals surface area contributed by atoms with Crippen LogP contribution in [-0.4, -0.2) is 50.8 Å². The summed E-state index contributed by atoms with van der Waals surface area (Å²) in [6.07, 6.45) is -2.67. The van der Waals surface area contributed by atoms with Gasteiger partial charge in [-0.3, -0.25) is 0 Å². The first-order valence-electron chi connectivity index (χ1n) is 3.70. The molecule has 1 aliphatic rings. The van der Waals surface area contributed by atoms with E-state index in [9.17, 15) is 8.78 Å². The van der Waals surface area contributed by atoms with Crippen LogP contribution in [0, 0.1) is 0 Å². The summed E-state index contributed by atoms with van der Waals surface area (Å²) in [5.41, 5.74) is 0. The first kappa shape index (κ1) is 9.89. The van der Waals surface area contributed by atoms with Gasteiger partial charge in [-0.05, 0) is 0 Å². The highest BCUT2D eigenvalue weighted by atomic mass is 19.3. The van der Waals surface area contributed by atoms with E-state index in [1.165, 1.54) is 15.0 Å². The van der Waals surface area contributed by atoms with Crippen LogP contribution in [0.2, 0.25) is 0 Å². The standard InChI is InChI=1S/C6H11BF2O3/c1-11-2-3-4(10)6(8,9)5(7)12-3/h3-5,10H,2,7H2,1H3/t3-,4-,5-/m1/s1. The summed E-state index contributed by atoms with van der Waals surface area (Å²) >= 11 is 0. The van der Waals surface area contributed by atoms with Crippen LogP contribution < -0.4 is 0 Å². The van der Waals surface area contributed by atoms with E-state index in [1.807, 2.05) is 0 Å². The quantitative estimate of drug-likeness (QED) is 0.553. The van der Waals surface area contributed by atoms with Crippen molar-refractivity contribution in [2.45, 2.75) is 24.1 Å². The maximum atomic E-state index is 12.9. The lowest BCUT2D eigenvalue weighted by Gasteiger charge is -2.16. The molecule has 0 aromatic heterocycles. The maximum absolute atomic E-state index is 12.9. The van der Waals surface area contributed by atoms with E-state index >= 15 is 0 Å². The van der Waals surface area contributed by atoms with Crippen molar-refractivity contribution >= 4 is 7.85 Å². The van der Waals surface area contributed by atoms with Gasteiger partial charge in [0, 0.05) is 7.11 Å². The molecule has 1 rings (SSSR count). The average Bonchev–Trinajstić information content (AvgIpc) is 2.17. The smallest absolute Gasteiger partial charge is 0.293 e. The molecule has 0 amide bonds. The normalized spacial score (nSPS) is 40.2. The van der Waals surface area contributed by atoms with Gasteiger partial charge in [0.05, 0.1) is 12.6 Å². The number of methoxy groups -OCH3 is 1. The van der Waals surface area contributed by atoms with Crippen LogP contribution in [0.1, 0.15) is 0 Å². The average molecular weight is 180 g/mol. The molecule has 3 atom stereocenters. The van der Waals surface area contributed by atoms with Gasteiger partial charge in [0.1, 0.15) is 20.1 Å². The lowest BCUT2D eigenvalue weighted by Crippen LogP contribution is -2.40. The van der Waals surface area contributed by atoms with E-state index in [1.54, 1.807) is 0 Å². The summed E-state index contributed by atoms with van der Waals surface area (Å²) < 4.78 is 35.2. The fraction of sp³-hybridized carbons (Fsp3) is 1.00. The summed E-state index contributed by atoms with van der Waals surface area (Å²) in [5, 5.41) is 9.06. The number of aliphatic hydroxyl groups is 1. The summed E-state index contributed by atoms with van der Waals surface area (Å²) in [6.45, 7) is -0.0128. The monoisotopic (exact) mass is 180 g/mol. The number of hydrogen-bond donors (Lipinski definition) is 1. The maximum Gasteiger partial charge on any atom is 0.293 e. The minimum Gasteiger partial charge on any atom is -0.384 e. The Morgan fingerprint density at radius 3 is 2.58 bits per heavy atom. The summed E-state index contributed by atoms with van der Waals surface area (Å²) in [6, 6.07) is -1.24. The molecule has 0 spiro atoms. The topological polar surface area (TPSA) is 38.7 Å². The number of ether oxygens (including phenoxy) is 2. The first-order chi connectivity index (χ1) is 5.50. The van der Waals surface area contributed by atoms with Crippen molar-refractivity contribution in [1.82, 2.24) is 0 Å². The van der Waals surface area contributed by atoms with Crippen LogP contribution in [-0.2, 0) is 9.47 Å². The number of halogens is 2. The van der Waals surface area contributed by atoms with Crippen molar-refractivity contribution in [3.05, 3.63) is 0 Å². The van der Waals surface area contributed by atoms with Gasteiger partial charge in [-0.2, -0.15) is 0 Å². The number of hydrogen-bond acceptors (Lipinski definition) is 3. The zero-order chi connectivity index (χ0) is 9.35. The Hall–Kier alpha value is -0.195. The van der Waals surface area contributed by atoms with Crippen molar-refractivity contribution in [2.24, 2.45) is 0 Å². The summed E-state index contributed by atoms with van der Waals surface area (Å²) in [5.74, 6) is -3.16. The second-order valence-corrected chi connectivity index (χ2v) is 2.89. The molecule has 1 heterocycles. The van der Waals surface area contributed by atoms with Crippen LogP contribution in [0.5, 0.6) is 0 Å². The van der Waals surface area contributed by atoms with Gasteiger partial charge in [0.15, 0.2) is 0 Å². The van der Waals surface area contributed by atoms with Crippen LogP contribution in [0.4, 0.5) is 8.78 Å². The molecule has 0 saturated carbocycles. The minimum absolute atomic E-state index is 0.0128. The Morgan fingerprint density at radius 2 is 2.25 bits per heavy atom. The fourth-order valence-corrected chi connectivity index (χ4v) is 1.21. The predicted octanol–water partition coefficient (Wildman–Crippen LogP) is -1.01. The van der Waals surface area contributed by atoms with Crippen molar-refractivity contribution in [1.29, 1.82) is 0 Å². The van der Waals surface area contributed by atoms with Gasteiger partial charge in [0.2, 0.25) is 0 Å². The van der Waals surface area contributed by atoms with Gasteiger partial charge < -0.3 is 14.6 Å². The van der Waals surface area contributed by atoms with E-state index in [2.05, 4.69) is 4.74 Å².